The SMILES string of the molecule is CCOc1ccc([C@H](C)NCc2nnc(-c3ccc(OC)cc3)o2)cc1. The van der Waals surface area contributed by atoms with Gasteiger partial charge >= 0.3 is 0 Å². The zero-order chi connectivity index (χ0) is 18.4. The summed E-state index contributed by atoms with van der Waals surface area (Å²) in [6.45, 7) is 5.23. The first-order chi connectivity index (χ1) is 12.7. The molecule has 0 aliphatic carbocycles. The monoisotopic (exact) mass is 353 g/mol. The number of nitrogens with zero attached hydrogens (tertiary/aromatic N) is 2. The summed E-state index contributed by atoms with van der Waals surface area (Å²) in [5, 5.41) is 11.6. The molecule has 3 aromatic rings. The van der Waals surface area contributed by atoms with Gasteiger partial charge in [-0.3, -0.25) is 0 Å². The van der Waals surface area contributed by atoms with Crippen molar-refractivity contribution in [2.75, 3.05) is 13.7 Å². The number of hydrogen-bond acceptors (Lipinski definition) is 6. The first-order valence-electron chi connectivity index (χ1n) is 8.62. The minimum Gasteiger partial charge on any atom is -0.497 e. The fourth-order valence-electron chi connectivity index (χ4n) is 2.55. The van der Waals surface area contributed by atoms with Gasteiger partial charge in [0.25, 0.3) is 0 Å². The zero-order valence-electron chi connectivity index (χ0n) is 15.2. The Bertz CT molecular complexity index is 813. The summed E-state index contributed by atoms with van der Waals surface area (Å²) in [6.07, 6.45) is 0. The molecule has 0 fully saturated rings. The van der Waals surface area contributed by atoms with Gasteiger partial charge in [0, 0.05) is 11.6 Å². The van der Waals surface area contributed by atoms with Crippen LogP contribution >= 0.6 is 0 Å². The van der Waals surface area contributed by atoms with Gasteiger partial charge in [0.15, 0.2) is 0 Å². The van der Waals surface area contributed by atoms with Gasteiger partial charge in [-0.1, -0.05) is 12.1 Å². The Kier molecular flexibility index (Phi) is 5.86. The van der Waals surface area contributed by atoms with E-state index in [-0.39, 0.29) is 6.04 Å². The molecule has 6 heteroatoms. The van der Waals surface area contributed by atoms with Crippen molar-refractivity contribution in [3.05, 3.63) is 60.0 Å². The number of ether oxygens (including phenoxy) is 2. The summed E-state index contributed by atoms with van der Waals surface area (Å²) in [6, 6.07) is 15.7. The second-order valence-corrected chi connectivity index (χ2v) is 5.83. The molecule has 136 valence electrons. The van der Waals surface area contributed by atoms with E-state index in [2.05, 4.69) is 34.6 Å². The third-order valence-corrected chi connectivity index (χ3v) is 4.05. The topological polar surface area (TPSA) is 69.4 Å². The van der Waals surface area contributed by atoms with E-state index in [9.17, 15) is 0 Å². The van der Waals surface area contributed by atoms with Crippen LogP contribution in [0.2, 0.25) is 0 Å². The van der Waals surface area contributed by atoms with Crippen LogP contribution in [0.1, 0.15) is 31.3 Å². The lowest BCUT2D eigenvalue weighted by atomic mass is 10.1. The Morgan fingerprint density at radius 3 is 2.35 bits per heavy atom. The predicted octanol–water partition coefficient (Wildman–Crippen LogP) is 3.99. The van der Waals surface area contributed by atoms with Crippen molar-refractivity contribution in [2.45, 2.75) is 26.4 Å². The number of methoxy groups -OCH3 is 1. The molecular formula is C20H23N3O3. The van der Waals surface area contributed by atoms with Crippen LogP contribution in [-0.2, 0) is 6.54 Å². The Hall–Kier alpha value is -2.86. The number of rotatable bonds is 8. The van der Waals surface area contributed by atoms with Gasteiger partial charge in [0.2, 0.25) is 11.8 Å². The maximum atomic E-state index is 5.74. The molecule has 1 atom stereocenters. The van der Waals surface area contributed by atoms with Crippen LogP contribution in [-0.4, -0.2) is 23.9 Å². The zero-order valence-corrected chi connectivity index (χ0v) is 15.2. The average molecular weight is 353 g/mol. The molecule has 1 N–H and O–H groups in total. The highest BCUT2D eigenvalue weighted by atomic mass is 16.5. The molecule has 0 aliphatic heterocycles. The van der Waals surface area contributed by atoms with E-state index in [4.69, 9.17) is 13.9 Å². The molecule has 0 radical (unpaired) electrons. The lowest BCUT2D eigenvalue weighted by molar-refractivity contribution is 0.340. The van der Waals surface area contributed by atoms with Crippen molar-refractivity contribution in [3.63, 3.8) is 0 Å². The molecule has 2 aromatic carbocycles. The first-order valence-corrected chi connectivity index (χ1v) is 8.62. The van der Waals surface area contributed by atoms with Crippen molar-refractivity contribution in [1.82, 2.24) is 15.5 Å². The third kappa shape index (κ3) is 4.40. The molecule has 0 spiro atoms. The maximum Gasteiger partial charge on any atom is 0.247 e. The normalized spacial score (nSPS) is 12.0. The Balaban J connectivity index is 1.58. The van der Waals surface area contributed by atoms with E-state index in [1.54, 1.807) is 7.11 Å². The van der Waals surface area contributed by atoms with Gasteiger partial charge < -0.3 is 19.2 Å². The van der Waals surface area contributed by atoms with Crippen molar-refractivity contribution in [3.8, 4) is 23.0 Å². The Morgan fingerprint density at radius 1 is 1.00 bits per heavy atom. The number of hydrogen-bond donors (Lipinski definition) is 1. The Labute approximate surface area is 153 Å². The molecule has 6 nitrogen and oxygen atoms in total. The van der Waals surface area contributed by atoms with Crippen LogP contribution < -0.4 is 14.8 Å². The molecule has 0 unspecified atom stereocenters. The van der Waals surface area contributed by atoms with Gasteiger partial charge in [0.05, 0.1) is 20.3 Å². The highest BCUT2D eigenvalue weighted by Gasteiger charge is 2.11. The van der Waals surface area contributed by atoms with Crippen LogP contribution in [0.15, 0.2) is 52.9 Å². The van der Waals surface area contributed by atoms with E-state index < -0.39 is 0 Å². The van der Waals surface area contributed by atoms with Crippen molar-refractivity contribution >= 4 is 0 Å². The maximum absolute atomic E-state index is 5.74. The van der Waals surface area contributed by atoms with Crippen LogP contribution in [0, 0.1) is 0 Å². The molecule has 0 aliphatic rings. The molecule has 0 bridgehead atoms. The Morgan fingerprint density at radius 2 is 1.69 bits per heavy atom. The van der Waals surface area contributed by atoms with Crippen LogP contribution in [0.5, 0.6) is 11.5 Å². The van der Waals surface area contributed by atoms with E-state index >= 15 is 0 Å². The highest BCUT2D eigenvalue weighted by Crippen LogP contribution is 2.22. The summed E-state index contributed by atoms with van der Waals surface area (Å²) < 4.78 is 16.4. The molecular weight excluding hydrogens is 330 g/mol. The molecule has 0 amide bonds. The van der Waals surface area contributed by atoms with Gasteiger partial charge in [0.1, 0.15) is 11.5 Å². The minimum absolute atomic E-state index is 0.155. The summed E-state index contributed by atoms with van der Waals surface area (Å²) in [5.74, 6) is 2.72. The minimum atomic E-state index is 0.155. The van der Waals surface area contributed by atoms with Crippen LogP contribution in [0.4, 0.5) is 0 Å². The summed E-state index contributed by atoms with van der Waals surface area (Å²) in [7, 11) is 1.64. The number of benzene rings is 2. The van der Waals surface area contributed by atoms with E-state index in [1.807, 2.05) is 43.3 Å². The van der Waals surface area contributed by atoms with Crippen LogP contribution in [0.3, 0.4) is 0 Å². The molecule has 3 rings (SSSR count). The predicted molar refractivity (Wildman–Crippen MR) is 99.2 cm³/mol. The summed E-state index contributed by atoms with van der Waals surface area (Å²) in [5.41, 5.74) is 2.03. The van der Waals surface area contributed by atoms with Crippen molar-refractivity contribution in [1.29, 1.82) is 0 Å². The van der Waals surface area contributed by atoms with E-state index in [0.29, 0.717) is 24.9 Å². The lowest BCUT2D eigenvalue weighted by Crippen LogP contribution is -2.18. The second-order valence-electron chi connectivity index (χ2n) is 5.83. The molecule has 26 heavy (non-hydrogen) atoms. The smallest absolute Gasteiger partial charge is 0.247 e. The van der Waals surface area contributed by atoms with Crippen LogP contribution in [0.25, 0.3) is 11.5 Å². The quantitative estimate of drug-likeness (QED) is 0.660. The fraction of sp³-hybridized carbons (Fsp3) is 0.300. The van der Waals surface area contributed by atoms with Crippen molar-refractivity contribution in [2.24, 2.45) is 0 Å². The van der Waals surface area contributed by atoms with E-state index in [0.717, 1.165) is 17.1 Å². The average Bonchev–Trinajstić information content (AvgIpc) is 3.16. The third-order valence-electron chi connectivity index (χ3n) is 4.05. The van der Waals surface area contributed by atoms with Gasteiger partial charge in [-0.25, -0.2) is 0 Å². The van der Waals surface area contributed by atoms with Gasteiger partial charge in [-0.15, -0.1) is 10.2 Å². The van der Waals surface area contributed by atoms with E-state index in [1.165, 1.54) is 5.56 Å². The first kappa shape index (κ1) is 17.9. The number of aromatic nitrogens is 2. The van der Waals surface area contributed by atoms with Crippen molar-refractivity contribution < 1.29 is 13.9 Å². The lowest BCUT2D eigenvalue weighted by Gasteiger charge is -2.13. The molecule has 1 heterocycles. The molecule has 1 aromatic heterocycles. The van der Waals surface area contributed by atoms with Gasteiger partial charge in [-0.05, 0) is 55.8 Å². The largest absolute Gasteiger partial charge is 0.497 e. The highest BCUT2D eigenvalue weighted by molar-refractivity contribution is 5.53. The van der Waals surface area contributed by atoms with Gasteiger partial charge in [-0.2, -0.15) is 0 Å². The molecule has 0 saturated heterocycles. The summed E-state index contributed by atoms with van der Waals surface area (Å²) in [4.78, 5) is 0. The molecule has 0 saturated carbocycles. The standard InChI is InChI=1S/C20H23N3O3/c1-4-25-18-11-5-15(6-12-18)14(2)21-13-19-22-23-20(26-19)16-7-9-17(24-3)10-8-16/h5-12,14,21H,4,13H2,1-3H3/t14-/m0/s1. The number of nitrogens with one attached hydrogen (secondary N) is 1. The second kappa shape index (κ2) is 8.49. The summed E-state index contributed by atoms with van der Waals surface area (Å²) >= 11 is 0. The fourth-order valence-corrected chi connectivity index (χ4v) is 2.55.